The zero-order valence-electron chi connectivity index (χ0n) is 15.2. The molecule has 0 unspecified atom stereocenters. The van der Waals surface area contributed by atoms with Crippen molar-refractivity contribution in [1.82, 2.24) is 10.6 Å². The standard InChI is InChI=1S/C22H24N2O2/c1-13(24-14(2)25)22(26)23-12-15-11-20-16-7-3-5-9-18(16)21(15)19-10-6-4-8-17(19)20/h3-10,13,15,20-21H,11-12H2,1-2H3,(H,23,26)(H,24,25)/t13-,15-,20?,21?/m1/s1. The average Bonchev–Trinajstić information content (AvgIpc) is 2.65. The zero-order valence-corrected chi connectivity index (χ0v) is 15.2. The number of hydrogen-bond acceptors (Lipinski definition) is 2. The number of amides is 2. The van der Waals surface area contributed by atoms with Crippen LogP contribution in [0.4, 0.5) is 0 Å². The van der Waals surface area contributed by atoms with Crippen molar-refractivity contribution >= 4 is 11.8 Å². The van der Waals surface area contributed by atoms with Crippen LogP contribution in [0.5, 0.6) is 0 Å². The monoisotopic (exact) mass is 348 g/mol. The van der Waals surface area contributed by atoms with Crippen LogP contribution in [0, 0.1) is 5.92 Å². The number of carbonyl (C=O) groups excluding carboxylic acids is 2. The molecule has 26 heavy (non-hydrogen) atoms. The Morgan fingerprint density at radius 1 is 1.00 bits per heavy atom. The van der Waals surface area contributed by atoms with E-state index in [0.717, 1.165) is 6.42 Å². The molecule has 0 saturated carbocycles. The molecule has 0 aliphatic heterocycles. The molecule has 3 aliphatic rings. The van der Waals surface area contributed by atoms with Crippen molar-refractivity contribution < 1.29 is 9.59 Å². The summed E-state index contributed by atoms with van der Waals surface area (Å²) in [5.41, 5.74) is 5.67. The molecule has 2 aromatic carbocycles. The fourth-order valence-corrected chi connectivity index (χ4v) is 4.72. The third-order valence-electron chi connectivity index (χ3n) is 5.77. The fraction of sp³-hybridized carbons (Fsp3) is 0.364. The van der Waals surface area contributed by atoms with Gasteiger partial charge in [0.1, 0.15) is 6.04 Å². The van der Waals surface area contributed by atoms with Gasteiger partial charge in [0, 0.05) is 25.3 Å². The Morgan fingerprint density at radius 3 is 2.08 bits per heavy atom. The first-order chi connectivity index (χ1) is 12.6. The highest BCUT2D eigenvalue weighted by Gasteiger charge is 2.42. The molecule has 2 aromatic rings. The summed E-state index contributed by atoms with van der Waals surface area (Å²) in [7, 11) is 0. The molecular formula is C22H24N2O2. The Bertz CT molecular complexity index is 813. The van der Waals surface area contributed by atoms with Gasteiger partial charge in [-0.05, 0) is 41.5 Å². The summed E-state index contributed by atoms with van der Waals surface area (Å²) in [5, 5.41) is 5.69. The van der Waals surface area contributed by atoms with Gasteiger partial charge in [-0.3, -0.25) is 9.59 Å². The van der Waals surface area contributed by atoms with E-state index in [9.17, 15) is 9.59 Å². The van der Waals surface area contributed by atoms with Crippen molar-refractivity contribution in [3.63, 3.8) is 0 Å². The average molecular weight is 348 g/mol. The quantitative estimate of drug-likeness (QED) is 0.892. The minimum Gasteiger partial charge on any atom is -0.354 e. The van der Waals surface area contributed by atoms with Crippen LogP contribution < -0.4 is 10.6 Å². The van der Waals surface area contributed by atoms with Crippen molar-refractivity contribution in [3.05, 3.63) is 70.8 Å². The molecule has 5 rings (SSSR count). The molecule has 2 atom stereocenters. The van der Waals surface area contributed by atoms with Gasteiger partial charge >= 0.3 is 0 Å². The smallest absolute Gasteiger partial charge is 0.242 e. The van der Waals surface area contributed by atoms with E-state index in [0.29, 0.717) is 24.3 Å². The number of carbonyl (C=O) groups is 2. The van der Waals surface area contributed by atoms with Crippen LogP contribution in [0.2, 0.25) is 0 Å². The van der Waals surface area contributed by atoms with Crippen LogP contribution >= 0.6 is 0 Å². The SMILES string of the molecule is CC(=O)N[C@H](C)C(=O)NC[C@H]1CC2c3ccccc3C1c1ccccc12. The van der Waals surface area contributed by atoms with Crippen LogP contribution in [-0.4, -0.2) is 24.4 Å². The van der Waals surface area contributed by atoms with Crippen molar-refractivity contribution in [2.75, 3.05) is 6.54 Å². The summed E-state index contributed by atoms with van der Waals surface area (Å²) in [6.45, 7) is 3.78. The highest BCUT2D eigenvalue weighted by molar-refractivity contribution is 5.86. The topological polar surface area (TPSA) is 58.2 Å². The van der Waals surface area contributed by atoms with Crippen LogP contribution in [0.15, 0.2) is 48.5 Å². The summed E-state index contributed by atoms with van der Waals surface area (Å²) in [6, 6.07) is 16.9. The third kappa shape index (κ3) is 2.79. The Morgan fingerprint density at radius 2 is 1.54 bits per heavy atom. The molecule has 0 aromatic heterocycles. The first kappa shape index (κ1) is 16.8. The van der Waals surface area contributed by atoms with E-state index in [4.69, 9.17) is 0 Å². The van der Waals surface area contributed by atoms with Crippen molar-refractivity contribution in [2.45, 2.75) is 38.1 Å². The lowest BCUT2D eigenvalue weighted by Gasteiger charge is -2.45. The number of nitrogens with one attached hydrogen (secondary N) is 2. The molecule has 4 heteroatoms. The maximum absolute atomic E-state index is 12.3. The lowest BCUT2D eigenvalue weighted by Crippen LogP contribution is -2.47. The van der Waals surface area contributed by atoms with Crippen LogP contribution in [0.1, 0.15) is 54.4 Å². The van der Waals surface area contributed by atoms with Crippen molar-refractivity contribution in [3.8, 4) is 0 Å². The van der Waals surface area contributed by atoms with Crippen molar-refractivity contribution in [2.24, 2.45) is 5.92 Å². The Balaban J connectivity index is 1.57. The summed E-state index contributed by atoms with van der Waals surface area (Å²) in [6.07, 6.45) is 1.05. The summed E-state index contributed by atoms with van der Waals surface area (Å²) in [4.78, 5) is 23.4. The van der Waals surface area contributed by atoms with Crippen LogP contribution in [-0.2, 0) is 9.59 Å². The summed E-state index contributed by atoms with van der Waals surface area (Å²) in [5.74, 6) is 0.791. The molecule has 3 aliphatic carbocycles. The van der Waals surface area contributed by atoms with Crippen molar-refractivity contribution in [1.29, 1.82) is 0 Å². The minimum atomic E-state index is -0.507. The third-order valence-corrected chi connectivity index (χ3v) is 5.77. The zero-order chi connectivity index (χ0) is 18.3. The van der Waals surface area contributed by atoms with E-state index < -0.39 is 6.04 Å². The predicted molar refractivity (Wildman–Crippen MR) is 101 cm³/mol. The lowest BCUT2D eigenvalue weighted by molar-refractivity contribution is -0.127. The van der Waals surface area contributed by atoms with E-state index in [-0.39, 0.29) is 11.8 Å². The van der Waals surface area contributed by atoms with Gasteiger partial charge in [0.15, 0.2) is 0 Å². The van der Waals surface area contributed by atoms with Gasteiger partial charge in [0.2, 0.25) is 11.8 Å². The molecular weight excluding hydrogens is 324 g/mol. The van der Waals surface area contributed by atoms with Gasteiger partial charge in [-0.25, -0.2) is 0 Å². The molecule has 2 amide bonds. The normalized spacial score (nSPS) is 23.5. The van der Waals surface area contributed by atoms with Gasteiger partial charge in [-0.15, -0.1) is 0 Å². The van der Waals surface area contributed by atoms with Gasteiger partial charge in [-0.1, -0.05) is 48.5 Å². The second-order valence-corrected chi connectivity index (χ2v) is 7.45. The van der Waals surface area contributed by atoms with Crippen LogP contribution in [0.25, 0.3) is 0 Å². The molecule has 134 valence electrons. The van der Waals surface area contributed by atoms with Crippen LogP contribution in [0.3, 0.4) is 0 Å². The van der Waals surface area contributed by atoms with E-state index in [1.165, 1.54) is 29.2 Å². The molecule has 0 radical (unpaired) electrons. The number of hydrogen-bond donors (Lipinski definition) is 2. The van der Waals surface area contributed by atoms with E-state index in [2.05, 4.69) is 59.2 Å². The Kier molecular flexibility index (Phi) is 4.27. The predicted octanol–water partition coefficient (Wildman–Crippen LogP) is 2.92. The lowest BCUT2D eigenvalue weighted by atomic mass is 9.59. The van der Waals surface area contributed by atoms with E-state index in [1.54, 1.807) is 6.92 Å². The molecule has 4 nitrogen and oxygen atoms in total. The molecule has 2 bridgehead atoms. The second-order valence-electron chi connectivity index (χ2n) is 7.45. The van der Waals surface area contributed by atoms with E-state index >= 15 is 0 Å². The number of benzene rings is 2. The number of rotatable bonds is 4. The molecule has 0 fully saturated rings. The van der Waals surface area contributed by atoms with Gasteiger partial charge in [0.25, 0.3) is 0 Å². The Labute approximate surface area is 154 Å². The highest BCUT2D eigenvalue weighted by atomic mass is 16.2. The molecule has 0 saturated heterocycles. The first-order valence-electron chi connectivity index (χ1n) is 9.28. The van der Waals surface area contributed by atoms with Gasteiger partial charge in [-0.2, -0.15) is 0 Å². The molecule has 2 N–H and O–H groups in total. The maximum atomic E-state index is 12.3. The van der Waals surface area contributed by atoms with E-state index in [1.807, 2.05) is 0 Å². The highest BCUT2D eigenvalue weighted by Crippen LogP contribution is 2.55. The largest absolute Gasteiger partial charge is 0.354 e. The summed E-state index contributed by atoms with van der Waals surface area (Å²) < 4.78 is 0. The molecule has 0 heterocycles. The Hall–Kier alpha value is -2.62. The minimum absolute atomic E-state index is 0.122. The van der Waals surface area contributed by atoms with Gasteiger partial charge < -0.3 is 10.6 Å². The summed E-state index contributed by atoms with van der Waals surface area (Å²) >= 11 is 0. The number of fused-ring (bicyclic) bond motifs is 1. The maximum Gasteiger partial charge on any atom is 0.242 e. The van der Waals surface area contributed by atoms with Gasteiger partial charge in [0.05, 0.1) is 0 Å². The molecule has 0 spiro atoms. The first-order valence-corrected chi connectivity index (χ1v) is 9.28. The fourth-order valence-electron chi connectivity index (χ4n) is 4.72. The second kappa shape index (κ2) is 6.60.